The molecule has 2 saturated heterocycles. The Balaban J connectivity index is 1.26. The van der Waals surface area contributed by atoms with Crippen molar-refractivity contribution in [3.05, 3.63) is 32.8 Å². The first kappa shape index (κ1) is 30.1. The summed E-state index contributed by atoms with van der Waals surface area (Å²) in [5.74, 6) is -0.337. The van der Waals surface area contributed by atoms with Crippen LogP contribution < -0.4 is 0 Å². The molecule has 3 aromatic rings. The van der Waals surface area contributed by atoms with Crippen molar-refractivity contribution < 1.29 is 55.1 Å². The van der Waals surface area contributed by atoms with Crippen LogP contribution in [0.5, 0.6) is 0 Å². The third-order valence-electron chi connectivity index (χ3n) is 6.96. The second kappa shape index (κ2) is 12.1. The normalized spacial score (nSPS) is 34.2. The summed E-state index contributed by atoms with van der Waals surface area (Å²) in [4.78, 5) is 22.6. The number of nitrogens with zero attached hydrogens (tertiary/aromatic N) is 5. The molecule has 0 unspecified atom stereocenters. The van der Waals surface area contributed by atoms with Crippen molar-refractivity contribution in [2.45, 2.75) is 81.1 Å². The van der Waals surface area contributed by atoms with Crippen LogP contribution in [0.15, 0.2) is 12.4 Å². The molecule has 41 heavy (non-hydrogen) atoms. The van der Waals surface area contributed by atoms with Gasteiger partial charge in [0.15, 0.2) is 6.29 Å². The molecular formula is C23H29N5O11S2. The summed E-state index contributed by atoms with van der Waals surface area (Å²) in [6.45, 7) is 1.02. The van der Waals surface area contributed by atoms with Crippen LogP contribution in [0, 0.1) is 6.92 Å². The molecule has 18 heteroatoms. The maximum absolute atomic E-state index is 13.3. The molecule has 0 aliphatic carbocycles. The van der Waals surface area contributed by atoms with E-state index in [0.29, 0.717) is 31.2 Å². The van der Waals surface area contributed by atoms with Gasteiger partial charge in [0.25, 0.3) is 0 Å². The third-order valence-corrected chi connectivity index (χ3v) is 9.16. The quantitative estimate of drug-likeness (QED) is 0.115. The van der Waals surface area contributed by atoms with Gasteiger partial charge in [0.1, 0.15) is 59.5 Å². The van der Waals surface area contributed by atoms with Gasteiger partial charge in [-0.05, 0) is 6.92 Å². The van der Waals surface area contributed by atoms with E-state index in [2.05, 4.69) is 20.3 Å². The Bertz CT molecular complexity index is 1370. The zero-order valence-electron chi connectivity index (χ0n) is 21.4. The van der Waals surface area contributed by atoms with E-state index < -0.39 is 67.8 Å². The average Bonchev–Trinajstić information content (AvgIpc) is 3.70. The fourth-order valence-electron chi connectivity index (χ4n) is 4.61. The lowest BCUT2D eigenvalue weighted by Crippen LogP contribution is -2.58. The van der Waals surface area contributed by atoms with Crippen molar-refractivity contribution in [1.29, 1.82) is 0 Å². The number of ketones is 1. The molecule has 0 saturated carbocycles. The maximum atomic E-state index is 13.3. The van der Waals surface area contributed by atoms with Crippen LogP contribution in [0.3, 0.4) is 0 Å². The van der Waals surface area contributed by atoms with Crippen molar-refractivity contribution in [2.75, 3.05) is 6.61 Å². The summed E-state index contributed by atoms with van der Waals surface area (Å²) in [7, 11) is 0. The fraction of sp³-hybridized carbons (Fsp3) is 0.609. The molecule has 8 N–H and O–H groups in total. The summed E-state index contributed by atoms with van der Waals surface area (Å²) in [6, 6.07) is 0. The lowest BCUT2D eigenvalue weighted by Gasteiger charge is -2.39. The van der Waals surface area contributed by atoms with Crippen LogP contribution in [0.4, 0.5) is 0 Å². The molecule has 224 valence electrons. The minimum Gasteiger partial charge on any atom is -0.394 e. The first-order valence-corrected chi connectivity index (χ1v) is 14.2. The molecular weight excluding hydrogens is 586 g/mol. The van der Waals surface area contributed by atoms with Crippen molar-refractivity contribution in [1.82, 2.24) is 25.0 Å². The van der Waals surface area contributed by atoms with Crippen LogP contribution in [-0.4, -0.2) is 139 Å². The van der Waals surface area contributed by atoms with E-state index in [1.54, 1.807) is 6.92 Å². The number of aryl methyl sites for hydroxylation is 1. The van der Waals surface area contributed by atoms with E-state index in [9.17, 15) is 45.6 Å². The molecule has 0 aromatic carbocycles. The molecule has 3 aromatic heterocycles. The van der Waals surface area contributed by atoms with Crippen LogP contribution in [0.1, 0.15) is 25.3 Å². The largest absolute Gasteiger partial charge is 0.394 e. The van der Waals surface area contributed by atoms with Crippen LogP contribution >= 0.6 is 22.7 Å². The number of carbonyl (C=O) groups is 1. The second-order valence-electron chi connectivity index (χ2n) is 9.82. The third kappa shape index (κ3) is 5.96. The van der Waals surface area contributed by atoms with E-state index in [4.69, 9.17) is 9.47 Å². The lowest BCUT2D eigenvalue weighted by atomic mass is 9.94. The van der Waals surface area contributed by atoms with E-state index in [1.165, 1.54) is 17.1 Å². The van der Waals surface area contributed by atoms with E-state index in [1.807, 2.05) is 0 Å². The zero-order valence-corrected chi connectivity index (χ0v) is 23.0. The molecule has 2 aliphatic heterocycles. The first-order valence-electron chi connectivity index (χ1n) is 12.5. The van der Waals surface area contributed by atoms with Crippen molar-refractivity contribution in [2.24, 2.45) is 0 Å². The molecule has 10 atom stereocenters. The SMILES string of the molecule is Cc1nc(-c2cn(C[C@H]3O[C@H](O)[C@@H](O)[C@@H](O)[C@@H]3O)nn2)sc1C(=O)c1cnc(C[C@H]2O[C@H](CO)[C@@H](O)[C@H](O)[C@@H]2O)s1. The highest BCUT2D eigenvalue weighted by molar-refractivity contribution is 7.19. The lowest BCUT2D eigenvalue weighted by molar-refractivity contribution is -0.284. The van der Waals surface area contributed by atoms with E-state index in [-0.39, 0.29) is 18.7 Å². The minimum absolute atomic E-state index is 0.0435. The summed E-state index contributed by atoms with van der Waals surface area (Å²) >= 11 is 2.15. The number of carbonyl (C=O) groups excluding carboxylic acids is 1. The van der Waals surface area contributed by atoms with Crippen molar-refractivity contribution in [3.63, 3.8) is 0 Å². The van der Waals surface area contributed by atoms with E-state index >= 15 is 0 Å². The monoisotopic (exact) mass is 615 g/mol. The Morgan fingerprint density at radius 3 is 2.34 bits per heavy atom. The Labute approximate surface area is 239 Å². The predicted molar refractivity (Wildman–Crippen MR) is 138 cm³/mol. The molecule has 0 bridgehead atoms. The predicted octanol–water partition coefficient (Wildman–Crippen LogP) is -3.42. The van der Waals surface area contributed by atoms with Gasteiger partial charge in [-0.2, -0.15) is 0 Å². The number of hydrogen-bond acceptors (Lipinski definition) is 17. The summed E-state index contributed by atoms with van der Waals surface area (Å²) in [6.07, 6.45) is -10.9. The van der Waals surface area contributed by atoms with Gasteiger partial charge in [-0.1, -0.05) is 5.21 Å². The standard InChI is InChI=1S/C23H29N5O11S2/c1-7-21(17(33)12-3-24-13(40-12)2-9-14(30)18(34)16(32)11(6-29)38-9)41-22(25-7)8-4-28(27-26-8)5-10-15(31)19(35)20(36)23(37)39-10/h3-4,9-11,14-16,18-20,23,29-32,34-37H,2,5-6H2,1H3/t9-,10-,11-,14-,15-,16-,18-,19+,20+,23+/m1/s1. The number of aliphatic hydroxyl groups excluding tert-OH is 8. The second-order valence-corrected chi connectivity index (χ2v) is 11.9. The van der Waals surface area contributed by atoms with Gasteiger partial charge in [0.05, 0.1) is 45.9 Å². The van der Waals surface area contributed by atoms with Gasteiger partial charge in [-0.3, -0.25) is 4.79 Å². The van der Waals surface area contributed by atoms with Gasteiger partial charge in [-0.25, -0.2) is 14.6 Å². The van der Waals surface area contributed by atoms with Crippen LogP contribution in [-0.2, 0) is 22.4 Å². The molecule has 2 aliphatic rings. The molecule has 5 heterocycles. The van der Waals surface area contributed by atoms with Crippen LogP contribution in [0.2, 0.25) is 0 Å². The minimum atomic E-state index is -1.68. The highest BCUT2D eigenvalue weighted by Crippen LogP contribution is 2.31. The van der Waals surface area contributed by atoms with Gasteiger partial charge in [0, 0.05) is 12.6 Å². The molecule has 0 amide bonds. The van der Waals surface area contributed by atoms with Crippen molar-refractivity contribution in [3.8, 4) is 10.7 Å². The smallest absolute Gasteiger partial charge is 0.216 e. The molecule has 0 radical (unpaired) electrons. The first-order chi connectivity index (χ1) is 19.5. The average molecular weight is 616 g/mol. The Hall–Kier alpha value is -2.33. The Morgan fingerprint density at radius 2 is 1.61 bits per heavy atom. The van der Waals surface area contributed by atoms with E-state index in [0.717, 1.165) is 22.7 Å². The summed E-state index contributed by atoms with van der Waals surface area (Å²) < 4.78 is 12.0. The Kier molecular flexibility index (Phi) is 8.90. The van der Waals surface area contributed by atoms with Gasteiger partial charge >= 0.3 is 0 Å². The fourth-order valence-corrected chi connectivity index (χ4v) is 6.55. The Morgan fingerprint density at radius 1 is 0.927 bits per heavy atom. The van der Waals surface area contributed by atoms with Gasteiger partial charge in [0.2, 0.25) is 5.78 Å². The highest BCUT2D eigenvalue weighted by Gasteiger charge is 2.44. The molecule has 5 rings (SSSR count). The number of thiazole rings is 2. The van der Waals surface area contributed by atoms with Gasteiger partial charge < -0.3 is 50.3 Å². The summed E-state index contributed by atoms with van der Waals surface area (Å²) in [5, 5.41) is 87.9. The highest BCUT2D eigenvalue weighted by atomic mass is 32.1. The molecule has 16 nitrogen and oxygen atoms in total. The molecule has 2 fully saturated rings. The van der Waals surface area contributed by atoms with Crippen molar-refractivity contribution >= 4 is 28.5 Å². The van der Waals surface area contributed by atoms with Crippen LogP contribution in [0.25, 0.3) is 10.7 Å². The zero-order chi connectivity index (χ0) is 29.6. The molecule has 0 spiro atoms. The number of rotatable bonds is 8. The number of ether oxygens (including phenoxy) is 2. The maximum Gasteiger partial charge on any atom is 0.216 e. The summed E-state index contributed by atoms with van der Waals surface area (Å²) in [5.41, 5.74) is 0.774. The van der Waals surface area contributed by atoms with Gasteiger partial charge in [-0.15, -0.1) is 27.8 Å². The number of aromatic nitrogens is 5. The number of hydrogen-bond donors (Lipinski definition) is 8. The topological polar surface area (TPSA) is 254 Å². The number of aliphatic hydroxyl groups is 8.